The van der Waals surface area contributed by atoms with Gasteiger partial charge >= 0.3 is 0 Å². The Labute approximate surface area is 77.7 Å². The van der Waals surface area contributed by atoms with Crippen LogP contribution < -0.4 is 5.73 Å². The molecule has 0 atom stereocenters. The molecule has 2 rings (SSSR count). The molecule has 0 aromatic heterocycles. The summed E-state index contributed by atoms with van der Waals surface area (Å²) in [7, 11) is 0. The Hall–Kier alpha value is -1.51. The Balaban J connectivity index is 2.30. The number of benzene rings is 1. The monoisotopic (exact) mass is 175 g/mol. The SMILES string of the molecule is Cc1ccc2c(c1)CN(C(=N)N)C2. The van der Waals surface area contributed by atoms with Gasteiger partial charge in [0.2, 0.25) is 0 Å². The maximum atomic E-state index is 7.32. The van der Waals surface area contributed by atoms with Gasteiger partial charge in [-0.3, -0.25) is 5.41 Å². The fourth-order valence-corrected chi connectivity index (χ4v) is 1.69. The molecular weight excluding hydrogens is 162 g/mol. The van der Waals surface area contributed by atoms with Gasteiger partial charge in [-0.1, -0.05) is 23.8 Å². The van der Waals surface area contributed by atoms with Crippen LogP contribution in [-0.4, -0.2) is 10.9 Å². The van der Waals surface area contributed by atoms with Crippen LogP contribution in [0.2, 0.25) is 0 Å². The molecule has 0 aliphatic carbocycles. The minimum Gasteiger partial charge on any atom is -0.370 e. The first-order chi connectivity index (χ1) is 6.16. The van der Waals surface area contributed by atoms with Gasteiger partial charge in [0.1, 0.15) is 0 Å². The highest BCUT2D eigenvalue weighted by atomic mass is 15.2. The summed E-state index contributed by atoms with van der Waals surface area (Å²) in [6.07, 6.45) is 0. The number of fused-ring (bicyclic) bond motifs is 1. The average Bonchev–Trinajstić information content (AvgIpc) is 2.46. The smallest absolute Gasteiger partial charge is 0.188 e. The van der Waals surface area contributed by atoms with Crippen molar-refractivity contribution in [2.45, 2.75) is 20.0 Å². The number of nitrogens with zero attached hydrogens (tertiary/aromatic N) is 1. The molecule has 0 amide bonds. The first-order valence-electron chi connectivity index (χ1n) is 4.34. The molecular formula is C10H13N3. The summed E-state index contributed by atoms with van der Waals surface area (Å²) >= 11 is 0. The Morgan fingerprint density at radius 1 is 1.38 bits per heavy atom. The molecule has 0 unspecified atom stereocenters. The van der Waals surface area contributed by atoms with Crippen LogP contribution in [0.5, 0.6) is 0 Å². The van der Waals surface area contributed by atoms with Gasteiger partial charge in [0.05, 0.1) is 0 Å². The van der Waals surface area contributed by atoms with Gasteiger partial charge in [-0.15, -0.1) is 0 Å². The van der Waals surface area contributed by atoms with Crippen molar-refractivity contribution in [3.63, 3.8) is 0 Å². The van der Waals surface area contributed by atoms with Gasteiger partial charge in [-0.05, 0) is 18.1 Å². The third-order valence-corrected chi connectivity index (χ3v) is 2.42. The van der Waals surface area contributed by atoms with Crippen LogP contribution in [0.15, 0.2) is 18.2 Å². The van der Waals surface area contributed by atoms with Crippen LogP contribution in [0, 0.1) is 12.3 Å². The zero-order chi connectivity index (χ0) is 9.42. The number of aryl methyl sites for hydroxylation is 1. The summed E-state index contributed by atoms with van der Waals surface area (Å²) in [5.74, 6) is 0.161. The van der Waals surface area contributed by atoms with Crippen LogP contribution in [0.4, 0.5) is 0 Å². The molecule has 0 radical (unpaired) electrons. The molecule has 1 aromatic rings. The number of hydrogen-bond acceptors (Lipinski definition) is 1. The van der Waals surface area contributed by atoms with Gasteiger partial charge < -0.3 is 10.6 Å². The van der Waals surface area contributed by atoms with Gasteiger partial charge in [0.25, 0.3) is 0 Å². The lowest BCUT2D eigenvalue weighted by Crippen LogP contribution is -2.31. The normalized spacial score (nSPS) is 14.4. The molecule has 13 heavy (non-hydrogen) atoms. The Bertz CT molecular complexity index is 357. The van der Waals surface area contributed by atoms with Gasteiger partial charge in [0.15, 0.2) is 5.96 Å². The maximum absolute atomic E-state index is 7.32. The van der Waals surface area contributed by atoms with E-state index in [1.54, 1.807) is 0 Å². The summed E-state index contributed by atoms with van der Waals surface area (Å²) in [4.78, 5) is 1.87. The van der Waals surface area contributed by atoms with Gasteiger partial charge in [-0.25, -0.2) is 0 Å². The largest absolute Gasteiger partial charge is 0.370 e. The second-order valence-electron chi connectivity index (χ2n) is 3.51. The molecule has 0 saturated carbocycles. The van der Waals surface area contributed by atoms with Crippen LogP contribution in [0.25, 0.3) is 0 Å². The second kappa shape index (κ2) is 2.76. The van der Waals surface area contributed by atoms with Crippen molar-refractivity contribution in [1.82, 2.24) is 4.90 Å². The summed E-state index contributed by atoms with van der Waals surface area (Å²) in [6, 6.07) is 6.38. The van der Waals surface area contributed by atoms with Crippen molar-refractivity contribution in [2.75, 3.05) is 0 Å². The lowest BCUT2D eigenvalue weighted by atomic mass is 10.1. The predicted molar refractivity (Wildman–Crippen MR) is 52.3 cm³/mol. The number of nitrogens with one attached hydrogen (secondary N) is 1. The number of guanidine groups is 1. The highest BCUT2D eigenvalue weighted by Crippen LogP contribution is 2.22. The van der Waals surface area contributed by atoms with E-state index >= 15 is 0 Å². The number of nitrogens with two attached hydrogens (primary N) is 1. The Morgan fingerprint density at radius 3 is 2.77 bits per heavy atom. The van der Waals surface area contributed by atoms with E-state index in [9.17, 15) is 0 Å². The standard InChI is InChI=1S/C10H13N3/c1-7-2-3-8-5-13(10(11)12)6-9(8)4-7/h2-4H,5-6H2,1H3,(H3,11,12). The van der Waals surface area contributed by atoms with E-state index in [-0.39, 0.29) is 5.96 Å². The van der Waals surface area contributed by atoms with E-state index in [1.807, 2.05) is 4.90 Å². The van der Waals surface area contributed by atoms with Crippen molar-refractivity contribution in [3.05, 3.63) is 34.9 Å². The van der Waals surface area contributed by atoms with E-state index < -0.39 is 0 Å². The summed E-state index contributed by atoms with van der Waals surface area (Å²) in [6.45, 7) is 3.65. The van der Waals surface area contributed by atoms with Crippen LogP contribution in [0.1, 0.15) is 16.7 Å². The molecule has 3 nitrogen and oxygen atoms in total. The van der Waals surface area contributed by atoms with E-state index in [4.69, 9.17) is 11.1 Å². The molecule has 1 heterocycles. The van der Waals surface area contributed by atoms with E-state index in [0.717, 1.165) is 13.1 Å². The van der Waals surface area contributed by atoms with E-state index in [0.29, 0.717) is 0 Å². The highest BCUT2D eigenvalue weighted by Gasteiger charge is 2.18. The first kappa shape index (κ1) is 8.10. The lowest BCUT2D eigenvalue weighted by molar-refractivity contribution is 0.439. The zero-order valence-electron chi connectivity index (χ0n) is 7.67. The molecule has 0 saturated heterocycles. The first-order valence-corrected chi connectivity index (χ1v) is 4.34. The molecule has 68 valence electrons. The van der Waals surface area contributed by atoms with Crippen LogP contribution in [0.3, 0.4) is 0 Å². The van der Waals surface area contributed by atoms with Crippen molar-refractivity contribution in [1.29, 1.82) is 5.41 Å². The lowest BCUT2D eigenvalue weighted by Gasteiger charge is -2.13. The quantitative estimate of drug-likeness (QED) is 0.460. The molecule has 3 heteroatoms. The average molecular weight is 175 g/mol. The summed E-state index contributed by atoms with van der Waals surface area (Å²) < 4.78 is 0. The van der Waals surface area contributed by atoms with Crippen LogP contribution >= 0.6 is 0 Å². The van der Waals surface area contributed by atoms with Crippen molar-refractivity contribution < 1.29 is 0 Å². The zero-order valence-corrected chi connectivity index (χ0v) is 7.67. The summed E-state index contributed by atoms with van der Waals surface area (Å²) in [5, 5.41) is 7.32. The molecule has 0 bridgehead atoms. The molecule has 1 aliphatic rings. The minimum atomic E-state index is 0.161. The van der Waals surface area contributed by atoms with Crippen LogP contribution in [-0.2, 0) is 13.1 Å². The molecule has 0 fully saturated rings. The maximum Gasteiger partial charge on any atom is 0.188 e. The topological polar surface area (TPSA) is 53.1 Å². The molecule has 1 aliphatic heterocycles. The third-order valence-electron chi connectivity index (χ3n) is 2.42. The number of rotatable bonds is 0. The highest BCUT2D eigenvalue weighted by molar-refractivity contribution is 5.75. The molecule has 3 N–H and O–H groups in total. The van der Waals surface area contributed by atoms with Gasteiger partial charge in [-0.2, -0.15) is 0 Å². The van der Waals surface area contributed by atoms with Gasteiger partial charge in [0, 0.05) is 13.1 Å². The van der Waals surface area contributed by atoms with E-state index in [1.165, 1.54) is 16.7 Å². The minimum absolute atomic E-state index is 0.161. The third kappa shape index (κ3) is 1.37. The van der Waals surface area contributed by atoms with Crippen molar-refractivity contribution in [2.24, 2.45) is 5.73 Å². The summed E-state index contributed by atoms with van der Waals surface area (Å²) in [5.41, 5.74) is 9.29. The molecule has 1 aromatic carbocycles. The fourth-order valence-electron chi connectivity index (χ4n) is 1.69. The number of hydrogen-bond donors (Lipinski definition) is 2. The Morgan fingerprint density at radius 2 is 2.08 bits per heavy atom. The fraction of sp³-hybridized carbons (Fsp3) is 0.300. The predicted octanol–water partition coefficient (Wildman–Crippen LogP) is 1.20. The van der Waals surface area contributed by atoms with Crippen molar-refractivity contribution >= 4 is 5.96 Å². The Kier molecular flexibility index (Phi) is 1.72. The second-order valence-corrected chi connectivity index (χ2v) is 3.51. The van der Waals surface area contributed by atoms with E-state index in [2.05, 4.69) is 25.1 Å². The molecule has 0 spiro atoms. The van der Waals surface area contributed by atoms with Crippen molar-refractivity contribution in [3.8, 4) is 0 Å².